The number of rotatable bonds is 2. The van der Waals surface area contributed by atoms with Crippen LogP contribution >= 0.6 is 0 Å². The Balaban J connectivity index is 1.59. The number of piperazine rings is 1. The maximum absolute atomic E-state index is 13.2. The van der Waals surface area contributed by atoms with Gasteiger partial charge in [0.25, 0.3) is 0 Å². The smallest absolute Gasteiger partial charge is 0.317 e. The van der Waals surface area contributed by atoms with Gasteiger partial charge in [-0.1, -0.05) is 0 Å². The molecule has 2 heterocycles. The summed E-state index contributed by atoms with van der Waals surface area (Å²) in [4.78, 5) is 31.6. The third-order valence-electron chi connectivity index (χ3n) is 6.00. The largest absolute Gasteiger partial charge is 0.338 e. The van der Waals surface area contributed by atoms with Crippen LogP contribution in [0.15, 0.2) is 0 Å². The molecule has 7 nitrogen and oxygen atoms in total. The molecular weight excluding hydrogens is 342 g/mol. The van der Waals surface area contributed by atoms with Gasteiger partial charge in [-0.15, -0.1) is 0 Å². The number of hydrogen-bond acceptors (Lipinski definition) is 4. The van der Waals surface area contributed by atoms with Crippen molar-refractivity contribution < 1.29 is 9.59 Å². The Hall–Kier alpha value is -1.34. The van der Waals surface area contributed by atoms with Crippen LogP contribution in [0.5, 0.6) is 0 Å². The lowest BCUT2D eigenvalue weighted by Gasteiger charge is -2.39. The van der Waals surface area contributed by atoms with Crippen LogP contribution in [0.3, 0.4) is 0 Å². The van der Waals surface area contributed by atoms with Gasteiger partial charge in [0.15, 0.2) is 0 Å². The zero-order chi connectivity index (χ0) is 19.8. The molecule has 0 bridgehead atoms. The molecule has 0 aromatic heterocycles. The van der Waals surface area contributed by atoms with Crippen molar-refractivity contribution in [3.63, 3.8) is 0 Å². The maximum Gasteiger partial charge on any atom is 0.317 e. The van der Waals surface area contributed by atoms with Crippen molar-refractivity contribution in [1.82, 2.24) is 25.3 Å². The molecule has 154 valence electrons. The highest BCUT2D eigenvalue weighted by molar-refractivity contribution is 5.83. The van der Waals surface area contributed by atoms with Crippen LogP contribution in [0.4, 0.5) is 4.79 Å². The van der Waals surface area contributed by atoms with E-state index in [-0.39, 0.29) is 29.1 Å². The molecule has 1 aliphatic carbocycles. The minimum Gasteiger partial charge on any atom is -0.338 e. The van der Waals surface area contributed by atoms with E-state index in [9.17, 15) is 9.59 Å². The van der Waals surface area contributed by atoms with Gasteiger partial charge in [-0.2, -0.15) is 0 Å². The number of carbonyl (C=O) groups excluding carboxylic acids is 2. The van der Waals surface area contributed by atoms with Crippen LogP contribution < -0.4 is 10.6 Å². The molecule has 3 rings (SSSR count). The van der Waals surface area contributed by atoms with Crippen molar-refractivity contribution in [2.75, 3.05) is 39.3 Å². The van der Waals surface area contributed by atoms with E-state index >= 15 is 0 Å². The molecule has 2 N–H and O–H groups in total. The van der Waals surface area contributed by atoms with E-state index in [0.717, 1.165) is 32.4 Å². The number of amides is 3. The summed E-state index contributed by atoms with van der Waals surface area (Å²) in [6.07, 6.45) is 3.21. The lowest BCUT2D eigenvalue weighted by molar-refractivity contribution is -0.135. The number of hydrogen-bond donors (Lipinski definition) is 2. The Labute approximate surface area is 163 Å². The van der Waals surface area contributed by atoms with Crippen LogP contribution in [-0.2, 0) is 4.79 Å². The van der Waals surface area contributed by atoms with E-state index in [1.165, 1.54) is 0 Å². The zero-order valence-electron chi connectivity index (χ0n) is 17.7. The van der Waals surface area contributed by atoms with Crippen molar-refractivity contribution in [2.45, 2.75) is 77.0 Å². The van der Waals surface area contributed by atoms with Gasteiger partial charge < -0.3 is 15.1 Å². The molecule has 0 aromatic carbocycles. The van der Waals surface area contributed by atoms with Crippen molar-refractivity contribution in [3.05, 3.63) is 0 Å². The van der Waals surface area contributed by atoms with Gasteiger partial charge in [0, 0.05) is 56.4 Å². The van der Waals surface area contributed by atoms with Crippen LogP contribution in [0.25, 0.3) is 0 Å². The summed E-state index contributed by atoms with van der Waals surface area (Å²) in [6, 6.07) is 0.198. The zero-order valence-corrected chi connectivity index (χ0v) is 17.7. The van der Waals surface area contributed by atoms with Gasteiger partial charge in [-0.25, -0.2) is 4.79 Å². The first kappa shape index (κ1) is 20.4. The molecule has 1 unspecified atom stereocenters. The maximum atomic E-state index is 13.2. The van der Waals surface area contributed by atoms with Crippen LogP contribution in [0, 0.1) is 0 Å². The summed E-state index contributed by atoms with van der Waals surface area (Å²) in [5, 5.41) is 6.63. The van der Waals surface area contributed by atoms with Gasteiger partial charge in [0.1, 0.15) is 6.04 Å². The standard InChI is InChI=1S/C20H37N5O2/c1-19(2,3)25-9-8-20(4,5)22-16(14-25)17(26)23-10-12-24(13-11-23)18(27)21-15-6-7-15/h15-16,22H,6-14H2,1-5H3,(H,21,27). The Kier molecular flexibility index (Phi) is 5.73. The molecule has 27 heavy (non-hydrogen) atoms. The average molecular weight is 380 g/mol. The van der Waals surface area contributed by atoms with Gasteiger partial charge in [0.05, 0.1) is 0 Å². The van der Waals surface area contributed by atoms with E-state index in [1.807, 2.05) is 9.80 Å². The van der Waals surface area contributed by atoms with Crippen molar-refractivity contribution in [3.8, 4) is 0 Å². The van der Waals surface area contributed by atoms with E-state index < -0.39 is 0 Å². The molecule has 3 amide bonds. The van der Waals surface area contributed by atoms with E-state index in [4.69, 9.17) is 0 Å². The minimum absolute atomic E-state index is 0.0252. The Bertz CT molecular complexity index is 559. The summed E-state index contributed by atoms with van der Waals surface area (Å²) in [5.74, 6) is 0.168. The lowest BCUT2D eigenvalue weighted by Crippen LogP contribution is -2.60. The highest BCUT2D eigenvalue weighted by Gasteiger charge is 2.38. The summed E-state index contributed by atoms with van der Waals surface area (Å²) in [7, 11) is 0. The average Bonchev–Trinajstić information content (AvgIpc) is 3.40. The second kappa shape index (κ2) is 7.59. The first-order chi connectivity index (χ1) is 12.5. The van der Waals surface area contributed by atoms with Crippen molar-refractivity contribution in [1.29, 1.82) is 0 Å². The molecule has 1 atom stereocenters. The first-order valence-corrected chi connectivity index (χ1v) is 10.4. The number of nitrogens with one attached hydrogen (secondary N) is 2. The van der Waals surface area contributed by atoms with E-state index in [1.54, 1.807) is 0 Å². The lowest BCUT2D eigenvalue weighted by atomic mass is 9.99. The number of urea groups is 1. The molecule has 3 fully saturated rings. The van der Waals surface area contributed by atoms with Gasteiger partial charge >= 0.3 is 6.03 Å². The van der Waals surface area contributed by atoms with Crippen LogP contribution in [0.1, 0.15) is 53.9 Å². The normalized spacial score (nSPS) is 27.2. The number of carbonyl (C=O) groups is 2. The molecule has 7 heteroatoms. The summed E-state index contributed by atoms with van der Waals surface area (Å²) < 4.78 is 0. The van der Waals surface area contributed by atoms with Gasteiger partial charge in [0.2, 0.25) is 5.91 Å². The van der Waals surface area contributed by atoms with Crippen molar-refractivity contribution in [2.24, 2.45) is 0 Å². The molecule has 1 saturated carbocycles. The monoisotopic (exact) mass is 379 g/mol. The first-order valence-electron chi connectivity index (χ1n) is 10.4. The molecular formula is C20H37N5O2. The third kappa shape index (κ3) is 5.35. The Morgan fingerprint density at radius 2 is 1.59 bits per heavy atom. The van der Waals surface area contributed by atoms with E-state index in [2.05, 4.69) is 50.2 Å². The van der Waals surface area contributed by atoms with E-state index in [0.29, 0.717) is 32.2 Å². The minimum atomic E-state index is -0.200. The molecule has 2 aliphatic heterocycles. The summed E-state index contributed by atoms with van der Waals surface area (Å²) >= 11 is 0. The molecule has 0 radical (unpaired) electrons. The van der Waals surface area contributed by atoms with Crippen molar-refractivity contribution >= 4 is 11.9 Å². The third-order valence-corrected chi connectivity index (χ3v) is 6.00. The highest BCUT2D eigenvalue weighted by Crippen LogP contribution is 2.23. The molecule has 0 aromatic rings. The fraction of sp³-hybridized carbons (Fsp3) is 0.900. The highest BCUT2D eigenvalue weighted by atomic mass is 16.2. The Morgan fingerprint density at radius 1 is 1.00 bits per heavy atom. The predicted octanol–water partition coefficient (Wildman–Crippen LogP) is 1.24. The van der Waals surface area contributed by atoms with Crippen LogP contribution in [0.2, 0.25) is 0 Å². The fourth-order valence-corrected chi connectivity index (χ4v) is 3.91. The van der Waals surface area contributed by atoms with Gasteiger partial charge in [-0.3, -0.25) is 15.0 Å². The van der Waals surface area contributed by atoms with Gasteiger partial charge in [-0.05, 0) is 53.9 Å². The SMILES string of the molecule is CC1(C)CCN(C(C)(C)C)CC(C(=O)N2CCN(C(=O)NC3CC3)CC2)N1. The van der Waals surface area contributed by atoms with Crippen LogP contribution in [-0.4, -0.2) is 89.1 Å². The molecule has 3 aliphatic rings. The molecule has 2 saturated heterocycles. The Morgan fingerprint density at radius 3 is 2.15 bits per heavy atom. The number of nitrogens with zero attached hydrogens (tertiary/aromatic N) is 3. The predicted molar refractivity (Wildman–Crippen MR) is 107 cm³/mol. The fourth-order valence-electron chi connectivity index (χ4n) is 3.91. The second-order valence-corrected chi connectivity index (χ2v) is 9.98. The topological polar surface area (TPSA) is 67.9 Å². The molecule has 0 spiro atoms. The summed E-state index contributed by atoms with van der Waals surface area (Å²) in [5.41, 5.74) is -0.0213. The second-order valence-electron chi connectivity index (χ2n) is 9.98. The quantitative estimate of drug-likeness (QED) is 0.758. The summed E-state index contributed by atoms with van der Waals surface area (Å²) in [6.45, 7) is 15.2.